The van der Waals surface area contributed by atoms with Crippen molar-refractivity contribution in [3.8, 4) is 5.75 Å². The molecule has 3 rings (SSSR count). The van der Waals surface area contributed by atoms with Gasteiger partial charge in [-0.1, -0.05) is 58.4 Å². The second kappa shape index (κ2) is 9.82. The van der Waals surface area contributed by atoms with Crippen molar-refractivity contribution in [3.63, 3.8) is 0 Å². The van der Waals surface area contributed by atoms with E-state index in [1.54, 1.807) is 4.90 Å². The molecule has 0 bridgehead atoms. The van der Waals surface area contributed by atoms with Crippen molar-refractivity contribution in [2.75, 3.05) is 13.2 Å². The van der Waals surface area contributed by atoms with Crippen molar-refractivity contribution >= 4 is 17.4 Å². The molecule has 176 valence electrons. The quantitative estimate of drug-likeness (QED) is 0.324. The molecule has 1 fully saturated rings. The number of ether oxygens (including phenoxy) is 1. The molecule has 1 unspecified atom stereocenters. The summed E-state index contributed by atoms with van der Waals surface area (Å²) in [6.07, 6.45) is 1.66. The molecule has 0 radical (unpaired) electrons. The largest absolute Gasteiger partial charge is 0.507 e. The summed E-state index contributed by atoms with van der Waals surface area (Å²) in [5, 5.41) is 11.5. The van der Waals surface area contributed by atoms with Crippen LogP contribution in [0.5, 0.6) is 5.75 Å². The van der Waals surface area contributed by atoms with Crippen molar-refractivity contribution in [2.45, 2.75) is 65.8 Å². The zero-order chi connectivity index (χ0) is 24.3. The van der Waals surface area contributed by atoms with E-state index in [0.717, 1.165) is 29.5 Å². The van der Waals surface area contributed by atoms with Gasteiger partial charge in [0.15, 0.2) is 0 Å². The number of rotatable bonds is 7. The standard InChI is InChI=1S/C28H35NO4/c1-7-9-15-29-24(19-11-10-12-21(16-19)33-8-2)23(26(31)27(29)32)25(30)22-17-20(28(4,5)6)14-13-18(22)3/h10-14,16-17,24,30H,7-9,15H2,1-6H3/b25-23+. The molecule has 0 aliphatic carbocycles. The lowest BCUT2D eigenvalue weighted by Gasteiger charge is -2.26. The van der Waals surface area contributed by atoms with Gasteiger partial charge in [-0.25, -0.2) is 0 Å². The number of unbranched alkanes of at least 4 members (excludes halogenated alkanes) is 1. The van der Waals surface area contributed by atoms with E-state index in [4.69, 9.17) is 4.74 Å². The molecule has 0 aromatic heterocycles. The number of Topliss-reactive ketones (excluding diaryl/α,β-unsaturated/α-hetero) is 1. The van der Waals surface area contributed by atoms with Crippen LogP contribution in [0.15, 0.2) is 48.0 Å². The van der Waals surface area contributed by atoms with Crippen LogP contribution in [0.2, 0.25) is 0 Å². The molecule has 1 atom stereocenters. The lowest BCUT2D eigenvalue weighted by Crippen LogP contribution is -2.30. The van der Waals surface area contributed by atoms with Gasteiger partial charge in [-0.15, -0.1) is 0 Å². The minimum Gasteiger partial charge on any atom is -0.507 e. The van der Waals surface area contributed by atoms with E-state index in [0.29, 0.717) is 24.5 Å². The molecule has 1 N–H and O–H groups in total. The smallest absolute Gasteiger partial charge is 0.295 e. The van der Waals surface area contributed by atoms with Crippen LogP contribution in [0.1, 0.15) is 75.8 Å². The van der Waals surface area contributed by atoms with Gasteiger partial charge < -0.3 is 14.7 Å². The first-order valence-electron chi connectivity index (χ1n) is 11.7. The number of hydrogen-bond donors (Lipinski definition) is 1. The molecule has 1 aliphatic rings. The van der Waals surface area contributed by atoms with Crippen LogP contribution in [0.25, 0.3) is 5.76 Å². The number of carbonyl (C=O) groups is 2. The highest BCUT2D eigenvalue weighted by atomic mass is 16.5. The summed E-state index contributed by atoms with van der Waals surface area (Å²) >= 11 is 0. The van der Waals surface area contributed by atoms with E-state index in [1.807, 2.05) is 63.2 Å². The number of carbonyl (C=O) groups excluding carboxylic acids is 2. The zero-order valence-corrected chi connectivity index (χ0v) is 20.6. The summed E-state index contributed by atoms with van der Waals surface area (Å²) in [5.74, 6) is -0.665. The van der Waals surface area contributed by atoms with Gasteiger partial charge in [0.05, 0.1) is 18.2 Å². The molecular formula is C28H35NO4. The molecule has 5 nitrogen and oxygen atoms in total. The summed E-state index contributed by atoms with van der Waals surface area (Å²) in [4.78, 5) is 27.9. The first kappa shape index (κ1) is 24.6. The topological polar surface area (TPSA) is 66.8 Å². The van der Waals surface area contributed by atoms with Crippen LogP contribution in [0.3, 0.4) is 0 Å². The molecule has 1 heterocycles. The van der Waals surface area contributed by atoms with E-state index in [-0.39, 0.29) is 16.7 Å². The Morgan fingerprint density at radius 1 is 1.09 bits per heavy atom. The fourth-order valence-corrected chi connectivity index (χ4v) is 4.22. The minimum absolute atomic E-state index is 0.122. The summed E-state index contributed by atoms with van der Waals surface area (Å²) in [5.41, 5.74) is 3.25. The Hall–Kier alpha value is -3.08. The monoisotopic (exact) mass is 449 g/mol. The third kappa shape index (κ3) is 4.97. The summed E-state index contributed by atoms with van der Waals surface area (Å²) in [7, 11) is 0. The molecular weight excluding hydrogens is 414 g/mol. The number of aliphatic hydroxyl groups excluding tert-OH is 1. The molecule has 1 amide bonds. The molecule has 2 aromatic rings. The Morgan fingerprint density at radius 3 is 2.45 bits per heavy atom. The number of likely N-dealkylation sites (tertiary alicyclic amines) is 1. The number of ketones is 1. The molecule has 1 saturated heterocycles. The summed E-state index contributed by atoms with van der Waals surface area (Å²) in [6, 6.07) is 12.7. The number of nitrogens with zero attached hydrogens (tertiary/aromatic N) is 1. The number of aliphatic hydroxyl groups is 1. The van der Waals surface area contributed by atoms with Gasteiger partial charge in [-0.05, 0) is 60.6 Å². The lowest BCUT2D eigenvalue weighted by molar-refractivity contribution is -0.139. The second-order valence-electron chi connectivity index (χ2n) is 9.63. The van der Waals surface area contributed by atoms with Crippen LogP contribution in [-0.4, -0.2) is 34.8 Å². The SMILES string of the molecule is CCCCN1C(=O)C(=O)/C(=C(/O)c2cc(C(C)(C)C)ccc2C)C1c1cccc(OCC)c1. The van der Waals surface area contributed by atoms with Crippen molar-refractivity contribution in [1.29, 1.82) is 0 Å². The van der Waals surface area contributed by atoms with Gasteiger partial charge in [0, 0.05) is 12.1 Å². The number of aryl methyl sites for hydroxylation is 1. The van der Waals surface area contributed by atoms with Gasteiger partial charge in [0.25, 0.3) is 11.7 Å². The van der Waals surface area contributed by atoms with Crippen LogP contribution in [0, 0.1) is 6.92 Å². The average Bonchev–Trinajstić information content (AvgIpc) is 3.02. The Labute approximate surface area is 197 Å². The molecule has 5 heteroatoms. The molecule has 2 aromatic carbocycles. The Balaban J connectivity index is 2.23. The maximum Gasteiger partial charge on any atom is 0.295 e. The fraction of sp³-hybridized carbons (Fsp3) is 0.429. The van der Waals surface area contributed by atoms with E-state index in [1.165, 1.54) is 0 Å². The average molecular weight is 450 g/mol. The van der Waals surface area contributed by atoms with Crippen LogP contribution in [-0.2, 0) is 15.0 Å². The van der Waals surface area contributed by atoms with E-state index < -0.39 is 17.7 Å². The highest BCUT2D eigenvalue weighted by Crippen LogP contribution is 2.41. The first-order chi connectivity index (χ1) is 15.6. The Morgan fingerprint density at radius 2 is 1.82 bits per heavy atom. The lowest BCUT2D eigenvalue weighted by atomic mass is 9.84. The molecule has 33 heavy (non-hydrogen) atoms. The Kier molecular flexibility index (Phi) is 7.31. The third-order valence-corrected chi connectivity index (χ3v) is 6.14. The third-order valence-electron chi connectivity index (χ3n) is 6.14. The predicted octanol–water partition coefficient (Wildman–Crippen LogP) is 5.91. The Bertz CT molecular complexity index is 1080. The van der Waals surface area contributed by atoms with Crippen molar-refractivity contribution < 1.29 is 19.4 Å². The van der Waals surface area contributed by atoms with E-state index in [9.17, 15) is 14.7 Å². The van der Waals surface area contributed by atoms with E-state index >= 15 is 0 Å². The fourth-order valence-electron chi connectivity index (χ4n) is 4.22. The van der Waals surface area contributed by atoms with Crippen molar-refractivity contribution in [2.24, 2.45) is 0 Å². The van der Waals surface area contributed by atoms with E-state index in [2.05, 4.69) is 20.8 Å². The maximum absolute atomic E-state index is 13.2. The molecule has 0 spiro atoms. The van der Waals surface area contributed by atoms with Crippen molar-refractivity contribution in [1.82, 2.24) is 4.90 Å². The van der Waals surface area contributed by atoms with Gasteiger partial charge in [0.2, 0.25) is 0 Å². The highest BCUT2D eigenvalue weighted by Gasteiger charge is 2.46. The minimum atomic E-state index is -0.658. The molecule has 1 aliphatic heterocycles. The normalized spacial score (nSPS) is 18.1. The number of hydrogen-bond acceptors (Lipinski definition) is 4. The second-order valence-corrected chi connectivity index (χ2v) is 9.63. The zero-order valence-electron chi connectivity index (χ0n) is 20.6. The maximum atomic E-state index is 13.2. The first-order valence-corrected chi connectivity index (χ1v) is 11.7. The predicted molar refractivity (Wildman–Crippen MR) is 131 cm³/mol. The van der Waals surface area contributed by atoms with Gasteiger partial charge in [-0.2, -0.15) is 0 Å². The van der Waals surface area contributed by atoms with Gasteiger partial charge in [0.1, 0.15) is 11.5 Å². The molecule has 0 saturated carbocycles. The number of benzene rings is 2. The van der Waals surface area contributed by atoms with Crippen LogP contribution >= 0.6 is 0 Å². The van der Waals surface area contributed by atoms with Crippen LogP contribution < -0.4 is 4.74 Å². The van der Waals surface area contributed by atoms with Gasteiger partial charge >= 0.3 is 0 Å². The highest BCUT2D eigenvalue weighted by molar-refractivity contribution is 6.46. The summed E-state index contributed by atoms with van der Waals surface area (Å²) in [6.45, 7) is 13.1. The summed E-state index contributed by atoms with van der Waals surface area (Å²) < 4.78 is 5.66. The van der Waals surface area contributed by atoms with Crippen LogP contribution in [0.4, 0.5) is 0 Å². The van der Waals surface area contributed by atoms with Gasteiger partial charge in [-0.3, -0.25) is 9.59 Å². The number of amides is 1. The van der Waals surface area contributed by atoms with Crippen molar-refractivity contribution in [3.05, 3.63) is 70.3 Å².